The lowest BCUT2D eigenvalue weighted by molar-refractivity contribution is 1.28. The van der Waals surface area contributed by atoms with Crippen molar-refractivity contribution >= 4 is 59.5 Å². The number of hydrogen-bond acceptors (Lipinski definition) is 3. The first-order valence-electron chi connectivity index (χ1n) is 14.1. The van der Waals surface area contributed by atoms with Crippen LogP contribution in [0.1, 0.15) is 0 Å². The molecule has 8 aromatic rings. The summed E-state index contributed by atoms with van der Waals surface area (Å²) in [6, 6.07) is 54.3. The molecule has 0 aliphatic carbocycles. The molecule has 0 spiro atoms. The maximum Gasteiger partial charge on any atom is 0.125 e. The van der Waals surface area contributed by atoms with Gasteiger partial charge in [0.2, 0.25) is 0 Å². The van der Waals surface area contributed by atoms with Gasteiger partial charge >= 0.3 is 0 Å². The van der Waals surface area contributed by atoms with Gasteiger partial charge in [0.1, 0.15) is 4.83 Å². The Kier molecular flexibility index (Phi) is 6.02. The second-order valence-corrected chi connectivity index (χ2v) is 11.5. The number of rotatable bonds is 5. The van der Waals surface area contributed by atoms with E-state index < -0.39 is 0 Å². The highest BCUT2D eigenvalue weighted by molar-refractivity contribution is 7.25. The molecule has 0 saturated heterocycles. The third-order valence-electron chi connectivity index (χ3n) is 7.94. The van der Waals surface area contributed by atoms with E-state index in [9.17, 15) is 0 Å². The fraction of sp³-hybridized carbons (Fsp3) is 0. The summed E-state index contributed by atoms with van der Waals surface area (Å²) < 4.78 is 1.27. The van der Waals surface area contributed by atoms with Crippen LogP contribution >= 0.6 is 11.3 Å². The lowest BCUT2D eigenvalue weighted by atomic mass is 10.00. The number of thiophene rings is 1. The fourth-order valence-electron chi connectivity index (χ4n) is 5.87. The number of fused-ring (bicyclic) bond motifs is 4. The topological polar surface area (TPSA) is 16.1 Å². The maximum atomic E-state index is 4.68. The molecule has 0 N–H and O–H groups in total. The van der Waals surface area contributed by atoms with Crippen molar-refractivity contribution in [3.63, 3.8) is 0 Å². The van der Waals surface area contributed by atoms with Gasteiger partial charge in [-0.2, -0.15) is 0 Å². The molecule has 0 radical (unpaired) electrons. The summed E-state index contributed by atoms with van der Waals surface area (Å²) in [6.07, 6.45) is 1.92. The molecular formula is C39H26N2S. The molecule has 2 nitrogen and oxygen atoms in total. The van der Waals surface area contributed by atoms with Crippen LogP contribution in [0.2, 0.25) is 0 Å². The summed E-state index contributed by atoms with van der Waals surface area (Å²) in [5.74, 6) is 0. The molecule has 0 aliphatic heterocycles. The van der Waals surface area contributed by atoms with E-state index in [2.05, 4.69) is 162 Å². The van der Waals surface area contributed by atoms with E-state index in [-0.39, 0.29) is 0 Å². The van der Waals surface area contributed by atoms with Gasteiger partial charge in [-0.3, -0.25) is 0 Å². The Morgan fingerprint density at radius 2 is 1.10 bits per heavy atom. The monoisotopic (exact) mass is 554 g/mol. The molecule has 0 atom stereocenters. The number of benzene rings is 6. The highest BCUT2D eigenvalue weighted by Gasteiger charge is 2.15. The van der Waals surface area contributed by atoms with Crippen LogP contribution in [-0.4, -0.2) is 4.98 Å². The molecule has 8 rings (SSSR count). The van der Waals surface area contributed by atoms with E-state index in [0.717, 1.165) is 21.9 Å². The van der Waals surface area contributed by atoms with E-state index in [4.69, 9.17) is 0 Å². The standard InChI is InChI=1S/C39H26N2S/c1-2-10-32(11-3-1)41(33-20-16-28(17-21-33)31-15-14-27-8-4-5-9-30(27)26-31)34-22-18-29(19-23-34)35-24-25-40-39-38(35)36-12-6-7-13-37(36)42-39/h1-26H. The molecule has 2 heterocycles. The summed E-state index contributed by atoms with van der Waals surface area (Å²) in [4.78, 5) is 8.08. The Labute approximate surface area is 248 Å². The molecule has 0 unspecified atom stereocenters. The Bertz CT molecular complexity index is 2180. The highest BCUT2D eigenvalue weighted by atomic mass is 32.1. The Balaban J connectivity index is 1.18. The summed E-state index contributed by atoms with van der Waals surface area (Å²) >= 11 is 1.75. The predicted octanol–water partition coefficient (Wildman–Crippen LogP) is 11.4. The first kappa shape index (κ1) is 24.5. The molecule has 0 amide bonds. The maximum absolute atomic E-state index is 4.68. The number of hydrogen-bond donors (Lipinski definition) is 0. The van der Waals surface area contributed by atoms with E-state index in [1.807, 2.05) is 6.20 Å². The van der Waals surface area contributed by atoms with E-state index in [1.54, 1.807) is 11.3 Å². The molecule has 6 aromatic carbocycles. The molecule has 0 fully saturated rings. The van der Waals surface area contributed by atoms with Crippen LogP contribution in [-0.2, 0) is 0 Å². The Hall–Kier alpha value is -5.25. The minimum Gasteiger partial charge on any atom is -0.311 e. The lowest BCUT2D eigenvalue weighted by Gasteiger charge is -2.26. The van der Waals surface area contributed by atoms with Crippen molar-refractivity contribution in [2.24, 2.45) is 0 Å². The quantitative estimate of drug-likeness (QED) is 0.210. The van der Waals surface area contributed by atoms with E-state index in [0.29, 0.717) is 0 Å². The zero-order valence-electron chi connectivity index (χ0n) is 22.8. The molecule has 0 saturated carbocycles. The lowest BCUT2D eigenvalue weighted by Crippen LogP contribution is -2.09. The van der Waals surface area contributed by atoms with Gasteiger partial charge in [-0.1, -0.05) is 97.1 Å². The van der Waals surface area contributed by atoms with Crippen LogP contribution in [0.15, 0.2) is 158 Å². The number of anilines is 3. The van der Waals surface area contributed by atoms with Gasteiger partial charge in [-0.25, -0.2) is 4.98 Å². The van der Waals surface area contributed by atoms with Gasteiger partial charge in [0.15, 0.2) is 0 Å². The average molecular weight is 555 g/mol. The van der Waals surface area contributed by atoms with E-state index >= 15 is 0 Å². The van der Waals surface area contributed by atoms with E-state index in [1.165, 1.54) is 48.5 Å². The van der Waals surface area contributed by atoms with Crippen molar-refractivity contribution in [1.29, 1.82) is 0 Å². The first-order chi connectivity index (χ1) is 20.8. The second-order valence-electron chi connectivity index (χ2n) is 10.5. The van der Waals surface area contributed by atoms with Gasteiger partial charge < -0.3 is 4.90 Å². The highest BCUT2D eigenvalue weighted by Crippen LogP contribution is 2.41. The largest absolute Gasteiger partial charge is 0.311 e. The summed E-state index contributed by atoms with van der Waals surface area (Å²) in [6.45, 7) is 0. The number of para-hydroxylation sites is 1. The zero-order valence-corrected chi connectivity index (χ0v) is 23.6. The molecule has 3 heteroatoms. The van der Waals surface area contributed by atoms with Crippen molar-refractivity contribution in [1.82, 2.24) is 4.98 Å². The Morgan fingerprint density at radius 3 is 1.88 bits per heavy atom. The molecular weight excluding hydrogens is 529 g/mol. The molecule has 2 aromatic heterocycles. The second kappa shape index (κ2) is 10.3. The minimum atomic E-state index is 1.08. The first-order valence-corrected chi connectivity index (χ1v) is 14.9. The molecule has 42 heavy (non-hydrogen) atoms. The number of nitrogens with zero attached hydrogens (tertiary/aromatic N) is 2. The van der Waals surface area contributed by atoms with Crippen molar-refractivity contribution in [3.8, 4) is 22.3 Å². The van der Waals surface area contributed by atoms with Gasteiger partial charge in [0.05, 0.1) is 0 Å². The minimum absolute atomic E-state index is 1.08. The zero-order chi connectivity index (χ0) is 27.9. The normalized spacial score (nSPS) is 11.3. The van der Waals surface area contributed by atoms with Gasteiger partial charge in [-0.15, -0.1) is 11.3 Å². The predicted molar refractivity (Wildman–Crippen MR) is 180 cm³/mol. The third-order valence-corrected chi connectivity index (χ3v) is 9.02. The fourth-order valence-corrected chi connectivity index (χ4v) is 6.94. The van der Waals surface area contributed by atoms with Crippen LogP contribution in [0.3, 0.4) is 0 Å². The van der Waals surface area contributed by atoms with Crippen molar-refractivity contribution in [2.75, 3.05) is 4.90 Å². The molecule has 198 valence electrons. The smallest absolute Gasteiger partial charge is 0.125 e. The summed E-state index contributed by atoms with van der Waals surface area (Å²) in [7, 11) is 0. The summed E-state index contributed by atoms with van der Waals surface area (Å²) in [5.41, 5.74) is 8.19. The third kappa shape index (κ3) is 4.32. The average Bonchev–Trinajstić information content (AvgIpc) is 3.45. The summed E-state index contributed by atoms with van der Waals surface area (Å²) in [5, 5.41) is 5.01. The molecule has 0 bridgehead atoms. The van der Waals surface area contributed by atoms with Gasteiger partial charge in [-0.05, 0) is 87.6 Å². The Morgan fingerprint density at radius 1 is 0.476 bits per heavy atom. The van der Waals surface area contributed by atoms with Crippen LogP contribution in [0.25, 0.3) is 53.3 Å². The van der Waals surface area contributed by atoms with Crippen molar-refractivity contribution in [2.45, 2.75) is 0 Å². The number of aromatic nitrogens is 1. The van der Waals surface area contributed by atoms with Gasteiger partial charge in [0, 0.05) is 38.7 Å². The van der Waals surface area contributed by atoms with Gasteiger partial charge in [0.25, 0.3) is 0 Å². The van der Waals surface area contributed by atoms with Crippen LogP contribution in [0.4, 0.5) is 17.1 Å². The SMILES string of the molecule is c1ccc(N(c2ccc(-c3ccc4ccccc4c3)cc2)c2ccc(-c3ccnc4sc5ccccc5c34)cc2)cc1. The number of pyridine rings is 1. The van der Waals surface area contributed by atoms with Crippen molar-refractivity contribution < 1.29 is 0 Å². The van der Waals surface area contributed by atoms with Crippen molar-refractivity contribution in [3.05, 3.63) is 158 Å². The van der Waals surface area contributed by atoms with Crippen LogP contribution in [0, 0.1) is 0 Å². The van der Waals surface area contributed by atoms with Crippen LogP contribution < -0.4 is 4.90 Å². The molecule has 0 aliphatic rings. The van der Waals surface area contributed by atoms with Crippen LogP contribution in [0.5, 0.6) is 0 Å².